The van der Waals surface area contributed by atoms with Crippen LogP contribution in [0.1, 0.15) is 45.6 Å². The first-order chi connectivity index (χ1) is 14.7. The Morgan fingerprint density at radius 1 is 1.16 bits per heavy atom. The first kappa shape index (κ1) is 22.0. The third-order valence-electron chi connectivity index (χ3n) is 6.49. The van der Waals surface area contributed by atoms with Crippen molar-refractivity contribution in [3.05, 3.63) is 35.9 Å². The summed E-state index contributed by atoms with van der Waals surface area (Å²) in [5.74, 6) is 0.473. The van der Waals surface area contributed by atoms with Crippen LogP contribution < -0.4 is 9.64 Å². The third-order valence-corrected chi connectivity index (χ3v) is 6.49. The van der Waals surface area contributed by atoms with Crippen LogP contribution in [0.4, 0.5) is 5.69 Å². The van der Waals surface area contributed by atoms with Gasteiger partial charge in [0.1, 0.15) is 30.2 Å². The van der Waals surface area contributed by atoms with Crippen LogP contribution in [-0.2, 0) is 9.53 Å². The minimum absolute atomic E-state index is 0.305. The summed E-state index contributed by atoms with van der Waals surface area (Å²) in [7, 11) is 0. The molecule has 1 unspecified atom stereocenters. The second-order valence-corrected chi connectivity index (χ2v) is 8.83. The number of anilines is 1. The van der Waals surface area contributed by atoms with Gasteiger partial charge in [-0.25, -0.2) is 0 Å². The first-order valence-electron chi connectivity index (χ1n) is 10.9. The van der Waals surface area contributed by atoms with E-state index in [4.69, 9.17) is 9.47 Å². The third kappa shape index (κ3) is 3.69. The molecule has 1 fully saturated rings. The lowest BCUT2D eigenvalue weighted by atomic mass is 9.92. The Morgan fingerprint density at radius 2 is 1.84 bits per heavy atom. The van der Waals surface area contributed by atoms with Crippen molar-refractivity contribution in [1.82, 2.24) is 0 Å². The monoisotopic (exact) mass is 429 g/mol. The number of rotatable bonds is 5. The molecule has 2 aromatic rings. The van der Waals surface area contributed by atoms with Crippen LogP contribution in [0.15, 0.2) is 30.3 Å². The molecular weight excluding hydrogens is 398 g/mol. The highest BCUT2D eigenvalue weighted by Crippen LogP contribution is 2.47. The number of carbonyl (C=O) groups excluding carboxylic acids is 1. The molecule has 0 bridgehead atoms. The van der Waals surface area contributed by atoms with E-state index < -0.39 is 36.5 Å². The van der Waals surface area contributed by atoms with Crippen molar-refractivity contribution in [3.63, 3.8) is 0 Å². The molecule has 2 heterocycles. The number of hydrogen-bond donors (Lipinski definition) is 3. The molecule has 2 aliphatic rings. The summed E-state index contributed by atoms with van der Waals surface area (Å²) in [6.45, 7) is 8.70. The average Bonchev–Trinajstić information content (AvgIpc) is 3.13. The average molecular weight is 430 g/mol. The lowest BCUT2D eigenvalue weighted by molar-refractivity contribution is -0.265. The first-order valence-corrected chi connectivity index (χ1v) is 10.9. The number of fused-ring (bicyclic) bond motifs is 3. The summed E-state index contributed by atoms with van der Waals surface area (Å²) >= 11 is 0. The molecule has 31 heavy (non-hydrogen) atoms. The summed E-state index contributed by atoms with van der Waals surface area (Å²) in [4.78, 5) is 14.2. The van der Waals surface area contributed by atoms with E-state index in [1.165, 1.54) is 12.5 Å². The summed E-state index contributed by atoms with van der Waals surface area (Å²) in [5, 5.41) is 32.8. The van der Waals surface area contributed by atoms with Gasteiger partial charge in [-0.3, -0.25) is 4.79 Å². The van der Waals surface area contributed by atoms with Gasteiger partial charge in [-0.05, 0) is 38.1 Å². The standard InChI is InChI=1S/C24H31NO6/c1-5-14-11-25(12(2)3)17-10-18(15-8-6-7-9-16(15)19(14)17)30-24-22(29)20(27)21(28)23(31-24)13(4)26/h6-10,12,14,20-24,27-29H,5,11H2,1-4H3/t14?,20-,21-,22+,23+,24+/m0/s1. The molecule has 168 valence electrons. The van der Waals surface area contributed by atoms with Gasteiger partial charge in [0.05, 0.1) is 0 Å². The van der Waals surface area contributed by atoms with Crippen LogP contribution in [0.2, 0.25) is 0 Å². The number of benzene rings is 2. The van der Waals surface area contributed by atoms with Crippen LogP contribution >= 0.6 is 0 Å². The van der Waals surface area contributed by atoms with Crippen LogP contribution in [0, 0.1) is 0 Å². The highest BCUT2D eigenvalue weighted by molar-refractivity contribution is 5.97. The van der Waals surface area contributed by atoms with Crippen molar-refractivity contribution in [3.8, 4) is 5.75 Å². The second-order valence-electron chi connectivity index (χ2n) is 8.83. The largest absolute Gasteiger partial charge is 0.461 e. The maximum Gasteiger partial charge on any atom is 0.229 e. The van der Waals surface area contributed by atoms with Crippen molar-refractivity contribution >= 4 is 22.2 Å². The zero-order valence-corrected chi connectivity index (χ0v) is 18.4. The Hall–Kier alpha value is -2.19. The molecule has 7 nitrogen and oxygen atoms in total. The second kappa shape index (κ2) is 8.39. The summed E-state index contributed by atoms with van der Waals surface area (Å²) in [6, 6.07) is 10.2. The number of ketones is 1. The number of Topliss-reactive ketones (excluding diaryl/α,β-unsaturated/α-hetero) is 1. The van der Waals surface area contributed by atoms with E-state index in [-0.39, 0.29) is 0 Å². The smallest absolute Gasteiger partial charge is 0.229 e. The molecule has 0 radical (unpaired) electrons. The van der Waals surface area contributed by atoms with Gasteiger partial charge in [-0.1, -0.05) is 31.2 Å². The summed E-state index contributed by atoms with van der Waals surface area (Å²) in [5.41, 5.74) is 2.38. The lowest BCUT2D eigenvalue weighted by Gasteiger charge is -2.39. The quantitative estimate of drug-likeness (QED) is 0.671. The Balaban J connectivity index is 1.78. The van der Waals surface area contributed by atoms with Crippen LogP contribution in [-0.4, -0.2) is 64.4 Å². The molecule has 2 aromatic carbocycles. The summed E-state index contributed by atoms with van der Waals surface area (Å²) < 4.78 is 11.7. The van der Waals surface area contributed by atoms with Crippen molar-refractivity contribution in [1.29, 1.82) is 0 Å². The Kier molecular flexibility index (Phi) is 5.96. The molecular formula is C24H31NO6. The van der Waals surface area contributed by atoms with Crippen LogP contribution in [0.5, 0.6) is 5.75 Å². The number of hydrogen-bond acceptors (Lipinski definition) is 7. The number of nitrogens with zero attached hydrogens (tertiary/aromatic N) is 1. The van der Waals surface area contributed by atoms with E-state index in [0.717, 1.165) is 29.4 Å². The predicted molar refractivity (Wildman–Crippen MR) is 117 cm³/mol. The van der Waals surface area contributed by atoms with Gasteiger partial charge in [-0.2, -0.15) is 0 Å². The fourth-order valence-electron chi connectivity index (χ4n) is 4.77. The molecule has 1 saturated heterocycles. The van der Waals surface area contributed by atoms with Crippen molar-refractivity contribution in [2.45, 2.75) is 76.8 Å². The van der Waals surface area contributed by atoms with E-state index in [1.54, 1.807) is 0 Å². The van der Waals surface area contributed by atoms with Gasteiger partial charge in [0.25, 0.3) is 0 Å². The Morgan fingerprint density at radius 3 is 2.45 bits per heavy atom. The highest BCUT2D eigenvalue weighted by Gasteiger charge is 2.47. The fourth-order valence-corrected chi connectivity index (χ4v) is 4.77. The zero-order valence-electron chi connectivity index (χ0n) is 18.4. The molecule has 7 heteroatoms. The molecule has 6 atom stereocenters. The minimum atomic E-state index is -1.55. The van der Waals surface area contributed by atoms with Gasteiger partial charge < -0.3 is 29.7 Å². The Labute approximate surface area is 182 Å². The molecule has 0 amide bonds. The normalized spacial score (nSPS) is 30.6. The van der Waals surface area contributed by atoms with E-state index in [1.807, 2.05) is 24.3 Å². The Bertz CT molecular complexity index is 976. The summed E-state index contributed by atoms with van der Waals surface area (Å²) in [6.07, 6.45) is -6.08. The maximum atomic E-state index is 11.9. The number of aliphatic hydroxyl groups is 3. The predicted octanol–water partition coefficient (Wildman–Crippen LogP) is 2.34. The van der Waals surface area contributed by atoms with E-state index in [9.17, 15) is 20.1 Å². The number of ether oxygens (including phenoxy) is 2. The minimum Gasteiger partial charge on any atom is -0.461 e. The number of aliphatic hydroxyl groups excluding tert-OH is 3. The number of carbonyl (C=O) groups is 1. The zero-order chi connectivity index (χ0) is 22.4. The molecule has 3 N–H and O–H groups in total. The van der Waals surface area contributed by atoms with Gasteiger partial charge in [0.15, 0.2) is 5.78 Å². The van der Waals surface area contributed by atoms with Gasteiger partial charge in [-0.15, -0.1) is 0 Å². The van der Waals surface area contributed by atoms with Crippen molar-refractivity contribution in [2.24, 2.45) is 0 Å². The van der Waals surface area contributed by atoms with Crippen LogP contribution in [0.3, 0.4) is 0 Å². The lowest BCUT2D eigenvalue weighted by Crippen LogP contribution is -2.60. The highest BCUT2D eigenvalue weighted by atomic mass is 16.7. The van der Waals surface area contributed by atoms with E-state index in [0.29, 0.717) is 17.7 Å². The molecule has 0 spiro atoms. The van der Waals surface area contributed by atoms with Gasteiger partial charge in [0, 0.05) is 35.6 Å². The fraction of sp³-hybridized carbons (Fsp3) is 0.542. The van der Waals surface area contributed by atoms with Crippen molar-refractivity contribution in [2.75, 3.05) is 11.4 Å². The SMILES string of the molecule is CCC1CN(C(C)C)c2cc(O[C@@H]3O[C@H](C(C)=O)[C@@H](O)[C@H](O)[C@H]3O)c3ccccc3c21. The molecule has 2 aliphatic heterocycles. The topological polar surface area (TPSA) is 99.5 Å². The molecule has 4 rings (SSSR count). The maximum absolute atomic E-state index is 11.9. The van der Waals surface area contributed by atoms with E-state index in [2.05, 4.69) is 31.7 Å². The van der Waals surface area contributed by atoms with E-state index >= 15 is 0 Å². The molecule has 0 saturated carbocycles. The van der Waals surface area contributed by atoms with Gasteiger partial charge in [0.2, 0.25) is 6.29 Å². The van der Waals surface area contributed by atoms with Gasteiger partial charge >= 0.3 is 0 Å². The molecule has 0 aliphatic carbocycles. The van der Waals surface area contributed by atoms with Crippen LogP contribution in [0.25, 0.3) is 10.8 Å². The molecule has 0 aromatic heterocycles. The van der Waals surface area contributed by atoms with Crippen molar-refractivity contribution < 1.29 is 29.6 Å².